The quantitative estimate of drug-likeness (QED) is 0.247. The lowest BCUT2D eigenvalue weighted by atomic mass is 10.2. The van der Waals surface area contributed by atoms with E-state index in [1.54, 1.807) is 17.4 Å². The Morgan fingerprint density at radius 1 is 0.975 bits per heavy atom. The topological polar surface area (TPSA) is 98.6 Å². The number of carbonyl (C=O) groups excluding carboxylic acids is 1. The van der Waals surface area contributed by atoms with Crippen LogP contribution in [0.3, 0.4) is 0 Å². The zero-order chi connectivity index (χ0) is 27.7. The Bertz CT molecular complexity index is 1400. The number of nitrogens with zero attached hydrogens (tertiary/aromatic N) is 4. The number of hydrogen-bond acceptors (Lipinski definition) is 9. The van der Waals surface area contributed by atoms with Gasteiger partial charge in [0.2, 0.25) is 5.88 Å². The van der Waals surface area contributed by atoms with Crippen molar-refractivity contribution >= 4 is 44.1 Å². The molecule has 1 aliphatic rings. The molecule has 2 aromatic heterocycles. The molecule has 5 rings (SSSR count). The first kappa shape index (κ1) is 28.1. The standard InChI is InChI=1S/C30H36N4O5S/c35-18-16-34(17-19-36)30(37)39-29-9-7-23-6-8-24(22-26(23)31-29)38-20-2-1-11-32-12-14-33(15-13-32)27-4-3-5-28-25(27)10-21-40-28/h3-10,21-22,35-36H,1-2,11-20H2. The van der Waals surface area contributed by atoms with Crippen LogP contribution in [-0.4, -0.2) is 96.7 Å². The van der Waals surface area contributed by atoms with Crippen LogP contribution >= 0.6 is 11.3 Å². The van der Waals surface area contributed by atoms with Gasteiger partial charge in [-0.05, 0) is 61.2 Å². The van der Waals surface area contributed by atoms with E-state index in [4.69, 9.17) is 19.7 Å². The predicted molar refractivity (Wildman–Crippen MR) is 159 cm³/mol. The van der Waals surface area contributed by atoms with Gasteiger partial charge >= 0.3 is 6.09 Å². The number of ether oxygens (including phenoxy) is 2. The van der Waals surface area contributed by atoms with Crippen molar-refractivity contribution in [1.82, 2.24) is 14.8 Å². The van der Waals surface area contributed by atoms with Crippen LogP contribution in [0.4, 0.5) is 10.5 Å². The Morgan fingerprint density at radius 2 is 1.77 bits per heavy atom. The van der Waals surface area contributed by atoms with Crippen LogP contribution in [0.25, 0.3) is 21.0 Å². The van der Waals surface area contributed by atoms with Crippen molar-refractivity contribution in [2.75, 3.05) is 70.5 Å². The van der Waals surface area contributed by atoms with Crippen LogP contribution in [0.1, 0.15) is 12.8 Å². The number of unbranched alkanes of at least 4 members (excludes halogenated alkanes) is 1. The lowest BCUT2D eigenvalue weighted by Gasteiger charge is -2.36. The van der Waals surface area contributed by atoms with Gasteiger partial charge in [0.05, 0.1) is 25.3 Å². The monoisotopic (exact) mass is 564 g/mol. The van der Waals surface area contributed by atoms with Crippen molar-refractivity contribution in [3.8, 4) is 11.6 Å². The first-order chi connectivity index (χ1) is 19.6. The number of thiophene rings is 1. The highest BCUT2D eigenvalue weighted by atomic mass is 32.1. The summed E-state index contributed by atoms with van der Waals surface area (Å²) in [6.45, 7) is 5.65. The number of carbonyl (C=O) groups is 1. The van der Waals surface area contributed by atoms with Crippen molar-refractivity contribution in [2.24, 2.45) is 0 Å². The fourth-order valence-corrected chi connectivity index (χ4v) is 5.82. The summed E-state index contributed by atoms with van der Waals surface area (Å²) in [5, 5.41) is 22.7. The number of rotatable bonds is 12. The summed E-state index contributed by atoms with van der Waals surface area (Å²) < 4.78 is 12.7. The maximum atomic E-state index is 12.3. The number of pyridine rings is 1. The van der Waals surface area contributed by atoms with Crippen LogP contribution in [0.2, 0.25) is 0 Å². The zero-order valence-electron chi connectivity index (χ0n) is 22.6. The lowest BCUT2D eigenvalue weighted by molar-refractivity contribution is 0.124. The van der Waals surface area contributed by atoms with Gasteiger partial charge < -0.3 is 29.5 Å². The second-order valence-electron chi connectivity index (χ2n) is 9.80. The molecule has 0 aliphatic carbocycles. The number of amides is 1. The molecular formula is C30H36N4O5S. The SMILES string of the molecule is O=C(Oc1ccc2ccc(OCCCCN3CCN(c4cccc5sccc45)CC3)cc2n1)N(CCO)CCO. The Kier molecular flexibility index (Phi) is 9.67. The van der Waals surface area contributed by atoms with Gasteiger partial charge in [-0.1, -0.05) is 6.07 Å². The molecule has 40 heavy (non-hydrogen) atoms. The van der Waals surface area contributed by atoms with Crippen molar-refractivity contribution in [3.63, 3.8) is 0 Å². The second-order valence-corrected chi connectivity index (χ2v) is 10.7. The van der Waals surface area contributed by atoms with Gasteiger partial charge in [-0.2, -0.15) is 0 Å². The highest BCUT2D eigenvalue weighted by Gasteiger charge is 2.19. The highest BCUT2D eigenvalue weighted by Crippen LogP contribution is 2.31. The minimum atomic E-state index is -0.663. The van der Waals surface area contributed by atoms with E-state index in [1.807, 2.05) is 24.3 Å². The zero-order valence-corrected chi connectivity index (χ0v) is 23.4. The molecule has 0 saturated carbocycles. The predicted octanol–water partition coefficient (Wildman–Crippen LogP) is 4.22. The van der Waals surface area contributed by atoms with Gasteiger partial charge in [0, 0.05) is 72.6 Å². The molecule has 1 aliphatic heterocycles. The van der Waals surface area contributed by atoms with E-state index in [9.17, 15) is 4.79 Å². The van der Waals surface area contributed by atoms with Gasteiger partial charge in [-0.25, -0.2) is 9.78 Å². The normalized spacial score (nSPS) is 14.1. The Morgan fingerprint density at radius 3 is 2.58 bits per heavy atom. The summed E-state index contributed by atoms with van der Waals surface area (Å²) in [5.74, 6) is 0.879. The maximum absolute atomic E-state index is 12.3. The average Bonchev–Trinajstić information content (AvgIpc) is 3.46. The maximum Gasteiger partial charge on any atom is 0.416 e. The molecular weight excluding hydrogens is 528 g/mol. The number of hydrogen-bond donors (Lipinski definition) is 2. The molecule has 1 saturated heterocycles. The van der Waals surface area contributed by atoms with Crippen LogP contribution in [-0.2, 0) is 0 Å². The number of aromatic nitrogens is 1. The van der Waals surface area contributed by atoms with Gasteiger partial charge in [-0.15, -0.1) is 11.3 Å². The van der Waals surface area contributed by atoms with E-state index < -0.39 is 6.09 Å². The van der Waals surface area contributed by atoms with Crippen LogP contribution in [0.15, 0.2) is 60.0 Å². The third kappa shape index (κ3) is 7.00. The van der Waals surface area contributed by atoms with E-state index in [0.717, 1.165) is 56.7 Å². The molecule has 0 bridgehead atoms. The van der Waals surface area contributed by atoms with Gasteiger partial charge in [-0.3, -0.25) is 4.90 Å². The molecule has 3 heterocycles. The minimum Gasteiger partial charge on any atom is -0.494 e. The van der Waals surface area contributed by atoms with E-state index >= 15 is 0 Å². The lowest BCUT2D eigenvalue weighted by Crippen LogP contribution is -2.46. The number of piperazine rings is 1. The summed E-state index contributed by atoms with van der Waals surface area (Å²) in [5.41, 5.74) is 2.02. The molecule has 1 amide bonds. The van der Waals surface area contributed by atoms with Crippen molar-refractivity contribution in [3.05, 3.63) is 60.0 Å². The molecule has 10 heteroatoms. The number of anilines is 1. The molecule has 0 radical (unpaired) electrons. The Balaban J connectivity index is 1.05. The van der Waals surface area contributed by atoms with E-state index in [0.29, 0.717) is 12.1 Å². The summed E-state index contributed by atoms with van der Waals surface area (Å²) in [6, 6.07) is 18.0. The fraction of sp³-hybridized carbons (Fsp3) is 0.400. The number of aliphatic hydroxyl groups excluding tert-OH is 2. The molecule has 212 valence electrons. The summed E-state index contributed by atoms with van der Waals surface area (Å²) in [7, 11) is 0. The van der Waals surface area contributed by atoms with Gasteiger partial charge in [0.15, 0.2) is 0 Å². The number of fused-ring (bicyclic) bond motifs is 2. The van der Waals surface area contributed by atoms with Gasteiger partial charge in [0.25, 0.3) is 0 Å². The van der Waals surface area contributed by atoms with E-state index in [-0.39, 0.29) is 32.2 Å². The number of aliphatic hydroxyl groups is 2. The first-order valence-corrected chi connectivity index (χ1v) is 14.7. The number of benzene rings is 2. The van der Waals surface area contributed by atoms with Crippen molar-refractivity contribution < 1.29 is 24.5 Å². The van der Waals surface area contributed by atoms with Crippen molar-refractivity contribution in [2.45, 2.75) is 12.8 Å². The highest BCUT2D eigenvalue weighted by molar-refractivity contribution is 7.17. The van der Waals surface area contributed by atoms with E-state index in [1.165, 1.54) is 20.7 Å². The van der Waals surface area contributed by atoms with E-state index in [2.05, 4.69) is 44.4 Å². The first-order valence-electron chi connectivity index (χ1n) is 13.8. The Hall–Kier alpha value is -3.44. The van der Waals surface area contributed by atoms with Gasteiger partial charge in [0.1, 0.15) is 5.75 Å². The average molecular weight is 565 g/mol. The molecule has 0 spiro atoms. The van der Waals surface area contributed by atoms with Crippen LogP contribution < -0.4 is 14.4 Å². The molecule has 9 nitrogen and oxygen atoms in total. The summed E-state index contributed by atoms with van der Waals surface area (Å²) >= 11 is 1.80. The smallest absolute Gasteiger partial charge is 0.416 e. The molecule has 2 aromatic carbocycles. The third-order valence-electron chi connectivity index (χ3n) is 7.15. The summed E-state index contributed by atoms with van der Waals surface area (Å²) in [4.78, 5) is 23.1. The molecule has 2 N–H and O–H groups in total. The molecule has 1 fully saturated rings. The summed E-state index contributed by atoms with van der Waals surface area (Å²) in [6.07, 6.45) is 1.37. The van der Waals surface area contributed by atoms with Crippen molar-refractivity contribution in [1.29, 1.82) is 0 Å². The largest absolute Gasteiger partial charge is 0.494 e. The molecule has 0 unspecified atom stereocenters. The van der Waals surface area contributed by atoms with Crippen LogP contribution in [0, 0.1) is 0 Å². The van der Waals surface area contributed by atoms with Crippen LogP contribution in [0.5, 0.6) is 11.6 Å². The molecule has 0 atom stereocenters. The second kappa shape index (κ2) is 13.8. The fourth-order valence-electron chi connectivity index (χ4n) is 5.01. The Labute approximate surface area is 238 Å². The molecule has 4 aromatic rings. The minimum absolute atomic E-state index is 0.0770. The third-order valence-corrected chi connectivity index (χ3v) is 8.03.